The molecule has 0 radical (unpaired) electrons. The van der Waals surface area contributed by atoms with Crippen LogP contribution in [0.5, 0.6) is 11.5 Å². The molecule has 4 heteroatoms. The van der Waals surface area contributed by atoms with Crippen LogP contribution in [0.25, 0.3) is 0 Å². The molecule has 4 nitrogen and oxygen atoms in total. The topological polar surface area (TPSA) is 42.4 Å². The maximum absolute atomic E-state index is 13.0. The molecule has 1 aliphatic heterocycles. The maximum atomic E-state index is 13.0. The number of carbonyl (C=O) groups is 1. The maximum Gasteiger partial charge on any atom is 0.167 e. The van der Waals surface area contributed by atoms with Crippen molar-refractivity contribution in [3.05, 3.63) is 90.3 Å². The first kappa shape index (κ1) is 18.4. The van der Waals surface area contributed by atoms with Gasteiger partial charge >= 0.3 is 0 Å². The minimum Gasteiger partial charge on any atom is -0.457 e. The van der Waals surface area contributed by atoms with Gasteiger partial charge in [-0.25, -0.2) is 0 Å². The van der Waals surface area contributed by atoms with E-state index in [1.165, 1.54) is 5.56 Å². The average Bonchev–Trinajstić information content (AvgIpc) is 2.75. The van der Waals surface area contributed by atoms with Crippen LogP contribution < -0.4 is 4.74 Å². The van der Waals surface area contributed by atoms with Crippen LogP contribution in [-0.4, -0.2) is 28.8 Å². The van der Waals surface area contributed by atoms with E-state index in [4.69, 9.17) is 4.74 Å². The summed E-state index contributed by atoms with van der Waals surface area (Å²) in [6.07, 6.45) is 5.69. The summed E-state index contributed by atoms with van der Waals surface area (Å²) in [6, 6.07) is 21.2. The zero-order valence-electron chi connectivity index (χ0n) is 15.8. The highest BCUT2D eigenvalue weighted by Gasteiger charge is 2.26. The van der Waals surface area contributed by atoms with Crippen molar-refractivity contribution in [2.24, 2.45) is 5.92 Å². The normalized spacial score (nSPS) is 17.2. The van der Waals surface area contributed by atoms with E-state index in [-0.39, 0.29) is 11.7 Å². The number of hydrogen-bond acceptors (Lipinski definition) is 4. The Bertz CT molecular complexity index is 895. The molecule has 142 valence electrons. The van der Waals surface area contributed by atoms with Crippen LogP contribution in [0.15, 0.2) is 79.1 Å². The number of rotatable bonds is 6. The Morgan fingerprint density at radius 1 is 1.00 bits per heavy atom. The molecule has 2 aromatic carbocycles. The molecule has 0 aliphatic carbocycles. The van der Waals surface area contributed by atoms with E-state index < -0.39 is 0 Å². The molecule has 0 N–H and O–H groups in total. The summed E-state index contributed by atoms with van der Waals surface area (Å²) in [5.74, 6) is 1.80. The lowest BCUT2D eigenvalue weighted by Gasteiger charge is -2.32. The summed E-state index contributed by atoms with van der Waals surface area (Å²) in [6.45, 7) is 2.68. The Kier molecular flexibility index (Phi) is 5.78. The first-order valence-electron chi connectivity index (χ1n) is 9.76. The number of hydrogen-bond donors (Lipinski definition) is 0. The van der Waals surface area contributed by atoms with Crippen molar-refractivity contribution in [2.45, 2.75) is 19.4 Å². The molecule has 1 saturated heterocycles. The third kappa shape index (κ3) is 4.65. The summed E-state index contributed by atoms with van der Waals surface area (Å²) in [4.78, 5) is 19.5. The summed E-state index contributed by atoms with van der Waals surface area (Å²) >= 11 is 0. The first-order chi connectivity index (χ1) is 13.8. The second kappa shape index (κ2) is 8.81. The van der Waals surface area contributed by atoms with Crippen LogP contribution in [0.2, 0.25) is 0 Å². The predicted molar refractivity (Wildman–Crippen MR) is 110 cm³/mol. The van der Waals surface area contributed by atoms with Gasteiger partial charge in [-0.1, -0.05) is 24.3 Å². The minimum atomic E-state index is 0.0475. The lowest BCUT2D eigenvalue weighted by Crippen LogP contribution is -2.38. The quantitative estimate of drug-likeness (QED) is 0.573. The Morgan fingerprint density at radius 2 is 1.79 bits per heavy atom. The van der Waals surface area contributed by atoms with Gasteiger partial charge in [0, 0.05) is 37.0 Å². The molecule has 0 amide bonds. The molecule has 1 unspecified atom stereocenters. The van der Waals surface area contributed by atoms with Gasteiger partial charge in [0.1, 0.15) is 11.5 Å². The molecule has 3 aromatic rings. The van der Waals surface area contributed by atoms with Crippen molar-refractivity contribution < 1.29 is 9.53 Å². The molecule has 0 spiro atoms. The van der Waals surface area contributed by atoms with Gasteiger partial charge in [0.05, 0.1) is 0 Å². The van der Waals surface area contributed by atoms with Gasteiger partial charge in [0.2, 0.25) is 0 Å². The summed E-state index contributed by atoms with van der Waals surface area (Å²) in [5.41, 5.74) is 1.95. The third-order valence-corrected chi connectivity index (χ3v) is 5.12. The van der Waals surface area contributed by atoms with E-state index in [9.17, 15) is 4.79 Å². The van der Waals surface area contributed by atoms with Crippen LogP contribution in [0, 0.1) is 5.92 Å². The SMILES string of the molecule is O=C(c1ccc(Oc2ccccc2)cc1)C1CCCN(Cc2cccnc2)C1. The van der Waals surface area contributed by atoms with Gasteiger partial charge in [-0.05, 0) is 67.4 Å². The number of nitrogens with zero attached hydrogens (tertiary/aromatic N) is 2. The van der Waals surface area contributed by atoms with E-state index in [2.05, 4.69) is 16.0 Å². The van der Waals surface area contributed by atoms with Crippen LogP contribution in [0.1, 0.15) is 28.8 Å². The largest absolute Gasteiger partial charge is 0.457 e. The van der Waals surface area contributed by atoms with Crippen molar-refractivity contribution >= 4 is 5.78 Å². The molecule has 4 rings (SSSR count). The smallest absolute Gasteiger partial charge is 0.167 e. The average molecular weight is 372 g/mol. The molecule has 1 aliphatic rings. The monoisotopic (exact) mass is 372 g/mol. The molecule has 28 heavy (non-hydrogen) atoms. The van der Waals surface area contributed by atoms with Gasteiger partial charge in [-0.3, -0.25) is 14.7 Å². The number of ketones is 1. The Hall–Kier alpha value is -2.98. The highest BCUT2D eigenvalue weighted by molar-refractivity contribution is 5.98. The number of benzene rings is 2. The molecule has 1 fully saturated rings. The third-order valence-electron chi connectivity index (χ3n) is 5.12. The lowest BCUT2D eigenvalue weighted by molar-refractivity contribution is 0.0811. The fourth-order valence-electron chi connectivity index (χ4n) is 3.71. The van der Waals surface area contributed by atoms with Crippen molar-refractivity contribution in [1.29, 1.82) is 0 Å². The van der Waals surface area contributed by atoms with Gasteiger partial charge in [0.25, 0.3) is 0 Å². The van der Waals surface area contributed by atoms with Gasteiger partial charge < -0.3 is 4.74 Å². The van der Waals surface area contributed by atoms with Crippen molar-refractivity contribution in [2.75, 3.05) is 13.1 Å². The second-order valence-electron chi connectivity index (χ2n) is 7.24. The van der Waals surface area contributed by atoms with Crippen LogP contribution in [0.4, 0.5) is 0 Å². The number of ether oxygens (including phenoxy) is 1. The van der Waals surface area contributed by atoms with Crippen molar-refractivity contribution in [1.82, 2.24) is 9.88 Å². The highest BCUT2D eigenvalue weighted by atomic mass is 16.5. The van der Waals surface area contributed by atoms with Gasteiger partial charge in [0.15, 0.2) is 5.78 Å². The zero-order chi connectivity index (χ0) is 19.2. The molecular weight excluding hydrogens is 348 g/mol. The van der Waals surface area contributed by atoms with E-state index in [1.54, 1.807) is 6.20 Å². The molecular formula is C24H24N2O2. The zero-order valence-corrected chi connectivity index (χ0v) is 15.8. The highest BCUT2D eigenvalue weighted by Crippen LogP contribution is 2.25. The number of aromatic nitrogens is 1. The Morgan fingerprint density at radius 3 is 2.54 bits per heavy atom. The van der Waals surface area contributed by atoms with Crippen LogP contribution in [-0.2, 0) is 6.54 Å². The Labute approximate surface area is 165 Å². The number of likely N-dealkylation sites (tertiary alicyclic amines) is 1. The fourth-order valence-corrected chi connectivity index (χ4v) is 3.71. The molecule has 1 atom stereocenters. The Balaban J connectivity index is 1.38. The fraction of sp³-hybridized carbons (Fsp3) is 0.250. The van der Waals surface area contributed by atoms with Crippen molar-refractivity contribution in [3.63, 3.8) is 0 Å². The lowest BCUT2D eigenvalue weighted by atomic mass is 9.90. The number of pyridine rings is 1. The number of carbonyl (C=O) groups excluding carboxylic acids is 1. The molecule has 0 saturated carbocycles. The van der Waals surface area contributed by atoms with Gasteiger partial charge in [-0.15, -0.1) is 0 Å². The molecule has 2 heterocycles. The van der Waals surface area contributed by atoms with Crippen LogP contribution in [0.3, 0.4) is 0 Å². The molecule has 0 bridgehead atoms. The van der Waals surface area contributed by atoms with E-state index in [1.807, 2.05) is 66.9 Å². The van der Waals surface area contributed by atoms with Crippen molar-refractivity contribution in [3.8, 4) is 11.5 Å². The van der Waals surface area contributed by atoms with Crippen LogP contribution >= 0.6 is 0 Å². The first-order valence-corrected chi connectivity index (χ1v) is 9.76. The summed E-state index contributed by atoms with van der Waals surface area (Å²) in [5, 5.41) is 0. The molecule has 1 aromatic heterocycles. The minimum absolute atomic E-state index is 0.0475. The second-order valence-corrected chi connectivity index (χ2v) is 7.24. The summed E-state index contributed by atoms with van der Waals surface area (Å²) in [7, 11) is 0. The van der Waals surface area contributed by atoms with E-state index in [0.29, 0.717) is 0 Å². The standard InChI is InChI=1S/C24H24N2O2/c27-24(20-10-12-23(13-11-20)28-22-8-2-1-3-9-22)21-7-5-15-26(18-21)17-19-6-4-14-25-16-19/h1-4,6,8-14,16,21H,5,7,15,17-18H2. The van der Waals surface area contributed by atoms with E-state index in [0.717, 1.165) is 49.5 Å². The van der Waals surface area contributed by atoms with E-state index >= 15 is 0 Å². The predicted octanol–water partition coefficient (Wildman–Crippen LogP) is 4.97. The summed E-state index contributed by atoms with van der Waals surface area (Å²) < 4.78 is 5.82. The van der Waals surface area contributed by atoms with Gasteiger partial charge in [-0.2, -0.15) is 0 Å². The number of piperidine rings is 1. The number of para-hydroxylation sites is 1. The number of Topliss-reactive ketones (excluding diaryl/α,β-unsaturated/α-hetero) is 1.